The van der Waals surface area contributed by atoms with Crippen molar-refractivity contribution in [2.45, 2.75) is 52.4 Å². The Balaban J connectivity index is 2.21. The molecule has 3 nitrogen and oxygen atoms in total. The van der Waals surface area contributed by atoms with Crippen LogP contribution in [0, 0.1) is 11.8 Å². The second kappa shape index (κ2) is 10.8. The van der Waals surface area contributed by atoms with Crippen LogP contribution in [0.2, 0.25) is 0 Å². The average molecular weight is 391 g/mol. The zero-order valence-electron chi connectivity index (χ0n) is 17.4. The molecule has 29 heavy (non-hydrogen) atoms. The third-order valence-corrected chi connectivity index (χ3v) is 5.19. The number of aliphatic hydroxyl groups is 3. The average Bonchev–Trinajstić information content (AvgIpc) is 2.77. The lowest BCUT2D eigenvalue weighted by Crippen LogP contribution is -2.22. The topological polar surface area (TPSA) is 60.7 Å². The molecule has 3 heteroatoms. The van der Waals surface area contributed by atoms with E-state index in [4.69, 9.17) is 0 Å². The molecule has 0 aliphatic carbocycles. The maximum atomic E-state index is 10.3. The highest BCUT2D eigenvalue weighted by Gasteiger charge is 2.16. The Labute approximate surface area is 174 Å². The lowest BCUT2D eigenvalue weighted by molar-refractivity contribution is 0.0828. The highest BCUT2D eigenvalue weighted by molar-refractivity contribution is 5.66. The van der Waals surface area contributed by atoms with E-state index in [2.05, 4.69) is 11.8 Å². The molecule has 0 aromatic heterocycles. The predicted molar refractivity (Wildman–Crippen MR) is 119 cm³/mol. The van der Waals surface area contributed by atoms with Crippen molar-refractivity contribution in [2.24, 2.45) is 0 Å². The standard InChI is InChI=1S/C26H30O3/c1-4-26(29,5-2)15-7-8-20(3)23-10-6-9-21(16-23)11-12-22-13-14-24(18-27)25(17-22)19-28/h6-10,13-17,27-29H,4-5,18-19H2,1-3H3/b15-7+,20-8-. The maximum Gasteiger partial charge on any atom is 0.0825 e. The van der Waals surface area contributed by atoms with Gasteiger partial charge in [0.25, 0.3) is 0 Å². The predicted octanol–water partition coefficient (Wildman–Crippen LogP) is 4.58. The summed E-state index contributed by atoms with van der Waals surface area (Å²) >= 11 is 0. The van der Waals surface area contributed by atoms with Crippen molar-refractivity contribution < 1.29 is 15.3 Å². The molecular weight excluding hydrogens is 360 g/mol. The molecule has 3 N–H and O–H groups in total. The molecule has 2 aromatic carbocycles. The maximum absolute atomic E-state index is 10.3. The summed E-state index contributed by atoms with van der Waals surface area (Å²) in [5.41, 5.74) is 4.52. The second-order valence-electron chi connectivity index (χ2n) is 7.15. The largest absolute Gasteiger partial charge is 0.392 e. The molecule has 0 radical (unpaired) electrons. The highest BCUT2D eigenvalue weighted by Crippen LogP contribution is 2.19. The number of benzene rings is 2. The first kappa shape index (κ1) is 22.6. The Bertz CT molecular complexity index is 938. The van der Waals surface area contributed by atoms with E-state index in [0.717, 1.165) is 22.3 Å². The molecule has 152 valence electrons. The van der Waals surface area contributed by atoms with Crippen LogP contribution >= 0.6 is 0 Å². The van der Waals surface area contributed by atoms with Crippen molar-refractivity contribution in [2.75, 3.05) is 0 Å². The monoisotopic (exact) mass is 390 g/mol. The van der Waals surface area contributed by atoms with Gasteiger partial charge in [0.05, 0.1) is 18.8 Å². The summed E-state index contributed by atoms with van der Waals surface area (Å²) in [7, 11) is 0. The van der Waals surface area contributed by atoms with Crippen LogP contribution in [0.15, 0.2) is 60.7 Å². The SMILES string of the molecule is CCC(O)(/C=C/C=C(/C)c1cccc(C#Cc2ccc(CO)c(CO)c2)c1)CC. The van der Waals surface area contributed by atoms with Gasteiger partial charge in [-0.25, -0.2) is 0 Å². The molecule has 0 bridgehead atoms. The van der Waals surface area contributed by atoms with Gasteiger partial charge in [0.2, 0.25) is 0 Å². The Hall–Kier alpha value is -2.64. The Morgan fingerprint density at radius 2 is 1.59 bits per heavy atom. The first-order valence-corrected chi connectivity index (χ1v) is 9.99. The first-order valence-electron chi connectivity index (χ1n) is 9.99. The summed E-state index contributed by atoms with van der Waals surface area (Å²) in [5.74, 6) is 6.29. The molecule has 0 aliphatic rings. The molecule has 0 atom stereocenters. The minimum absolute atomic E-state index is 0.0976. The van der Waals surface area contributed by atoms with Crippen LogP contribution in [-0.2, 0) is 13.2 Å². The molecular formula is C26H30O3. The molecule has 0 spiro atoms. The minimum atomic E-state index is -0.747. The van der Waals surface area contributed by atoms with Gasteiger partial charge in [-0.3, -0.25) is 0 Å². The number of rotatable bonds is 7. The molecule has 0 heterocycles. The van der Waals surface area contributed by atoms with Crippen molar-refractivity contribution in [3.63, 3.8) is 0 Å². The van der Waals surface area contributed by atoms with Gasteiger partial charge in [-0.05, 0) is 66.3 Å². The molecule has 0 saturated carbocycles. The molecule has 2 rings (SSSR count). The van der Waals surface area contributed by atoms with E-state index in [-0.39, 0.29) is 13.2 Å². The summed E-state index contributed by atoms with van der Waals surface area (Å²) in [5, 5.41) is 29.1. The van der Waals surface area contributed by atoms with E-state index in [0.29, 0.717) is 24.0 Å². The van der Waals surface area contributed by atoms with Gasteiger partial charge in [-0.15, -0.1) is 0 Å². The van der Waals surface area contributed by atoms with Gasteiger partial charge in [-0.1, -0.05) is 62.1 Å². The Morgan fingerprint density at radius 3 is 2.21 bits per heavy atom. The molecule has 0 aliphatic heterocycles. The number of aliphatic hydroxyl groups excluding tert-OH is 2. The van der Waals surface area contributed by atoms with E-state index in [1.807, 2.05) is 69.3 Å². The lowest BCUT2D eigenvalue weighted by atomic mass is 9.96. The van der Waals surface area contributed by atoms with Crippen LogP contribution in [-0.4, -0.2) is 20.9 Å². The van der Waals surface area contributed by atoms with Gasteiger partial charge in [0.15, 0.2) is 0 Å². The van der Waals surface area contributed by atoms with Crippen LogP contribution in [0.5, 0.6) is 0 Å². The third-order valence-electron chi connectivity index (χ3n) is 5.19. The number of allylic oxidation sites excluding steroid dienone is 3. The van der Waals surface area contributed by atoms with E-state index in [1.165, 1.54) is 0 Å². The van der Waals surface area contributed by atoms with Gasteiger partial charge in [0, 0.05) is 11.1 Å². The summed E-state index contributed by atoms with van der Waals surface area (Å²) < 4.78 is 0. The van der Waals surface area contributed by atoms with Crippen molar-refractivity contribution >= 4 is 5.57 Å². The summed E-state index contributed by atoms with van der Waals surface area (Å²) in [6, 6.07) is 13.5. The fourth-order valence-electron chi connectivity index (χ4n) is 2.95. The zero-order chi connectivity index (χ0) is 21.3. The van der Waals surface area contributed by atoms with E-state index in [9.17, 15) is 15.3 Å². The fraction of sp³-hybridized carbons (Fsp3) is 0.308. The molecule has 0 amide bonds. The van der Waals surface area contributed by atoms with Crippen molar-refractivity contribution in [1.82, 2.24) is 0 Å². The summed E-state index contributed by atoms with van der Waals surface area (Å²) in [6.45, 7) is 5.78. The molecule has 0 saturated heterocycles. The normalized spacial score (nSPS) is 12.1. The van der Waals surface area contributed by atoms with Gasteiger partial charge in [0.1, 0.15) is 0 Å². The molecule has 0 fully saturated rings. The quantitative estimate of drug-likeness (QED) is 0.479. The van der Waals surface area contributed by atoms with Crippen molar-refractivity contribution in [3.8, 4) is 11.8 Å². The smallest absolute Gasteiger partial charge is 0.0825 e. The lowest BCUT2D eigenvalue weighted by Gasteiger charge is -2.19. The van der Waals surface area contributed by atoms with Crippen molar-refractivity contribution in [1.29, 1.82) is 0 Å². The van der Waals surface area contributed by atoms with E-state index >= 15 is 0 Å². The van der Waals surface area contributed by atoms with Gasteiger partial charge >= 0.3 is 0 Å². The summed E-state index contributed by atoms with van der Waals surface area (Å²) in [4.78, 5) is 0. The first-order chi connectivity index (χ1) is 13.9. The molecule has 2 aromatic rings. The van der Waals surface area contributed by atoms with Crippen LogP contribution < -0.4 is 0 Å². The number of hydrogen-bond donors (Lipinski definition) is 3. The van der Waals surface area contributed by atoms with Crippen LogP contribution in [0.25, 0.3) is 5.57 Å². The van der Waals surface area contributed by atoms with Crippen LogP contribution in [0.3, 0.4) is 0 Å². The zero-order valence-corrected chi connectivity index (χ0v) is 17.4. The molecule has 0 unspecified atom stereocenters. The summed E-state index contributed by atoms with van der Waals surface area (Å²) in [6.07, 6.45) is 7.16. The van der Waals surface area contributed by atoms with E-state index in [1.54, 1.807) is 12.1 Å². The van der Waals surface area contributed by atoms with E-state index < -0.39 is 5.60 Å². The second-order valence-corrected chi connectivity index (χ2v) is 7.15. The van der Waals surface area contributed by atoms with Gasteiger partial charge in [-0.2, -0.15) is 0 Å². The van der Waals surface area contributed by atoms with Crippen LogP contribution in [0.4, 0.5) is 0 Å². The number of hydrogen-bond acceptors (Lipinski definition) is 3. The van der Waals surface area contributed by atoms with Crippen LogP contribution in [0.1, 0.15) is 61.4 Å². The fourth-order valence-corrected chi connectivity index (χ4v) is 2.95. The van der Waals surface area contributed by atoms with Gasteiger partial charge < -0.3 is 15.3 Å². The Kier molecular flexibility index (Phi) is 8.42. The highest BCUT2D eigenvalue weighted by atomic mass is 16.3. The van der Waals surface area contributed by atoms with Crippen molar-refractivity contribution in [3.05, 3.63) is 88.5 Å². The third kappa shape index (κ3) is 6.44. The minimum Gasteiger partial charge on any atom is -0.392 e. The Morgan fingerprint density at radius 1 is 0.931 bits per heavy atom.